The third-order valence-electron chi connectivity index (χ3n) is 6.42. The molecule has 1 fully saturated rings. The third-order valence-corrected chi connectivity index (χ3v) is 6.42. The number of aromatic nitrogens is 4. The first-order valence-corrected chi connectivity index (χ1v) is 13.4. The molecule has 1 aliphatic heterocycles. The second-order valence-corrected chi connectivity index (χ2v) is 10.6. The molecule has 4 aromatic rings. The normalized spacial score (nSPS) is 13.6. The van der Waals surface area contributed by atoms with Crippen molar-refractivity contribution in [3.8, 4) is 22.7 Å². The molecule has 0 bridgehead atoms. The largest absolute Gasteiger partial charge is 0.444 e. The van der Waals surface area contributed by atoms with E-state index in [1.54, 1.807) is 46.2 Å². The van der Waals surface area contributed by atoms with E-state index in [0.717, 1.165) is 11.3 Å². The number of hydrogen-bond acceptors (Lipinski definition) is 8. The van der Waals surface area contributed by atoms with Gasteiger partial charge in [0.2, 0.25) is 5.95 Å². The van der Waals surface area contributed by atoms with E-state index in [0.29, 0.717) is 55.0 Å². The maximum atomic E-state index is 12.8. The van der Waals surface area contributed by atoms with E-state index in [4.69, 9.17) is 14.6 Å². The van der Waals surface area contributed by atoms with E-state index in [2.05, 4.69) is 15.3 Å². The number of nitrogens with zero attached hydrogens (tertiary/aromatic N) is 6. The van der Waals surface area contributed by atoms with Gasteiger partial charge in [-0.15, -0.1) is 0 Å². The highest BCUT2D eigenvalue weighted by Crippen LogP contribution is 2.30. The molecule has 11 heteroatoms. The van der Waals surface area contributed by atoms with Gasteiger partial charge >= 0.3 is 12.2 Å². The molecule has 0 atom stereocenters. The van der Waals surface area contributed by atoms with Crippen molar-refractivity contribution in [3.05, 3.63) is 78.6 Å². The summed E-state index contributed by atoms with van der Waals surface area (Å²) in [5.74, 6) is 1.49. The molecule has 11 nitrogen and oxygen atoms in total. The topological polar surface area (TPSA) is 115 Å². The van der Waals surface area contributed by atoms with Crippen molar-refractivity contribution in [1.82, 2.24) is 24.6 Å². The lowest BCUT2D eigenvalue weighted by Crippen LogP contribution is -2.50. The highest BCUT2D eigenvalue weighted by molar-refractivity contribution is 5.88. The Bertz CT molecular complexity index is 1490. The van der Waals surface area contributed by atoms with Crippen molar-refractivity contribution in [2.75, 3.05) is 36.4 Å². The SMILES string of the molecule is Cc1c(-c2cnc(N3CCN(C(=O)OC(C)(C)C)CC3)nc2)nn(-c2ccccc2)c1NC(=O)Oc1ccccc1. The standard InChI is InChI=1S/C30H33N7O4/c1-21-25(22-19-31-27(32-20-22)35-15-17-36(18-16-35)29(39)41-30(2,3)4)34-37(23-11-7-5-8-12-23)26(21)33-28(38)40-24-13-9-6-10-14-24/h5-14,19-20H,15-18H2,1-4H3,(H,33,38). The fourth-order valence-corrected chi connectivity index (χ4v) is 4.41. The molecule has 1 N–H and O–H groups in total. The lowest BCUT2D eigenvalue weighted by atomic mass is 10.1. The van der Waals surface area contributed by atoms with Crippen molar-refractivity contribution in [2.24, 2.45) is 0 Å². The van der Waals surface area contributed by atoms with Gasteiger partial charge in [-0.25, -0.2) is 24.2 Å². The van der Waals surface area contributed by atoms with E-state index in [1.807, 2.05) is 69.0 Å². The first-order chi connectivity index (χ1) is 19.7. The van der Waals surface area contributed by atoms with E-state index in [-0.39, 0.29) is 6.09 Å². The van der Waals surface area contributed by atoms with Crippen molar-refractivity contribution in [1.29, 1.82) is 0 Å². The lowest BCUT2D eigenvalue weighted by molar-refractivity contribution is 0.0240. The number of anilines is 2. The Kier molecular flexibility index (Phi) is 7.86. The molecule has 2 aromatic heterocycles. The number of nitrogens with one attached hydrogen (secondary N) is 1. The van der Waals surface area contributed by atoms with Crippen LogP contribution < -0.4 is 15.0 Å². The smallest absolute Gasteiger partial charge is 0.418 e. The molecule has 2 amide bonds. The van der Waals surface area contributed by atoms with Crippen LogP contribution in [0, 0.1) is 6.92 Å². The van der Waals surface area contributed by atoms with Crippen molar-refractivity contribution < 1.29 is 19.1 Å². The molecule has 1 aliphatic rings. The monoisotopic (exact) mass is 555 g/mol. The van der Waals surface area contributed by atoms with Gasteiger partial charge in [0.1, 0.15) is 22.9 Å². The van der Waals surface area contributed by atoms with Gasteiger partial charge in [-0.3, -0.25) is 5.32 Å². The zero-order valence-electron chi connectivity index (χ0n) is 23.6. The molecule has 212 valence electrons. The summed E-state index contributed by atoms with van der Waals surface area (Å²) >= 11 is 0. The predicted molar refractivity (Wildman–Crippen MR) is 155 cm³/mol. The van der Waals surface area contributed by atoms with Crippen molar-refractivity contribution in [3.63, 3.8) is 0 Å². The summed E-state index contributed by atoms with van der Waals surface area (Å²) in [6.07, 6.45) is 2.51. The zero-order chi connectivity index (χ0) is 29.0. The quantitative estimate of drug-likeness (QED) is 0.353. The molecule has 5 rings (SSSR count). The predicted octanol–water partition coefficient (Wildman–Crippen LogP) is 5.31. The first kappa shape index (κ1) is 27.6. The van der Waals surface area contributed by atoms with Crippen LogP contribution in [0.15, 0.2) is 73.1 Å². The Labute approximate surface area is 238 Å². The minimum Gasteiger partial charge on any atom is -0.444 e. The number of rotatable bonds is 5. The molecule has 0 aliphatic carbocycles. The van der Waals surface area contributed by atoms with Crippen LogP contribution in [0.4, 0.5) is 21.4 Å². The van der Waals surface area contributed by atoms with Crippen LogP contribution in [0.5, 0.6) is 5.75 Å². The number of carbonyl (C=O) groups is 2. The fraction of sp³-hybridized carbons (Fsp3) is 0.300. The lowest BCUT2D eigenvalue weighted by Gasteiger charge is -2.35. The van der Waals surface area contributed by atoms with Gasteiger partial charge in [-0.05, 0) is 52.0 Å². The fourth-order valence-electron chi connectivity index (χ4n) is 4.41. The van der Waals surface area contributed by atoms with Gasteiger partial charge < -0.3 is 19.3 Å². The molecule has 0 radical (unpaired) electrons. The molecule has 41 heavy (non-hydrogen) atoms. The van der Waals surface area contributed by atoms with Crippen LogP contribution in [-0.4, -0.2) is 68.6 Å². The number of benzene rings is 2. The van der Waals surface area contributed by atoms with Crippen LogP contribution in [-0.2, 0) is 4.74 Å². The van der Waals surface area contributed by atoms with E-state index in [1.165, 1.54) is 0 Å². The molecule has 0 spiro atoms. The number of piperazine rings is 1. The third kappa shape index (κ3) is 6.63. The van der Waals surface area contributed by atoms with Gasteiger partial charge in [0.05, 0.1) is 5.69 Å². The van der Waals surface area contributed by atoms with Crippen LogP contribution in [0.25, 0.3) is 16.9 Å². The number of para-hydroxylation sites is 2. The van der Waals surface area contributed by atoms with Crippen molar-refractivity contribution in [2.45, 2.75) is 33.3 Å². The van der Waals surface area contributed by atoms with Crippen LogP contribution in [0.2, 0.25) is 0 Å². The van der Waals surface area contributed by atoms with Crippen molar-refractivity contribution >= 4 is 24.0 Å². The molecule has 3 heterocycles. The highest BCUT2D eigenvalue weighted by Gasteiger charge is 2.27. The van der Waals surface area contributed by atoms with Gasteiger partial charge in [-0.1, -0.05) is 36.4 Å². The van der Waals surface area contributed by atoms with E-state index < -0.39 is 11.7 Å². The minimum atomic E-state index is -0.625. The molecular weight excluding hydrogens is 522 g/mol. The second kappa shape index (κ2) is 11.7. The number of amides is 2. The van der Waals surface area contributed by atoms with E-state index >= 15 is 0 Å². The number of hydrogen-bond donors (Lipinski definition) is 1. The summed E-state index contributed by atoms with van der Waals surface area (Å²) in [4.78, 5) is 38.1. The molecule has 0 unspecified atom stereocenters. The maximum Gasteiger partial charge on any atom is 0.418 e. The van der Waals surface area contributed by atoms with Gasteiger partial charge in [0.25, 0.3) is 0 Å². The highest BCUT2D eigenvalue weighted by atomic mass is 16.6. The average molecular weight is 556 g/mol. The molecular formula is C30H33N7O4. The Hall–Kier alpha value is -4.93. The Balaban J connectivity index is 1.34. The van der Waals surface area contributed by atoms with Gasteiger partial charge in [-0.2, -0.15) is 5.10 Å². The molecule has 1 saturated heterocycles. The summed E-state index contributed by atoms with van der Waals surface area (Å²) in [7, 11) is 0. The maximum absolute atomic E-state index is 12.8. The summed E-state index contributed by atoms with van der Waals surface area (Å²) in [5.41, 5.74) is 2.31. The minimum absolute atomic E-state index is 0.310. The van der Waals surface area contributed by atoms with E-state index in [9.17, 15) is 9.59 Å². The summed E-state index contributed by atoms with van der Waals surface area (Å²) < 4.78 is 12.6. The second-order valence-electron chi connectivity index (χ2n) is 10.6. The Morgan fingerprint density at radius 3 is 2.10 bits per heavy atom. The van der Waals surface area contributed by atoms with Gasteiger partial charge in [0.15, 0.2) is 0 Å². The first-order valence-electron chi connectivity index (χ1n) is 13.4. The van der Waals surface area contributed by atoms with Crippen LogP contribution in [0.1, 0.15) is 26.3 Å². The van der Waals surface area contributed by atoms with Gasteiger partial charge in [0, 0.05) is 49.7 Å². The summed E-state index contributed by atoms with van der Waals surface area (Å²) in [5, 5.41) is 7.66. The summed E-state index contributed by atoms with van der Waals surface area (Å²) in [6, 6.07) is 18.4. The Morgan fingerprint density at radius 2 is 1.49 bits per heavy atom. The Morgan fingerprint density at radius 1 is 0.878 bits per heavy atom. The zero-order valence-corrected chi connectivity index (χ0v) is 23.6. The number of ether oxygens (including phenoxy) is 2. The molecule has 2 aromatic carbocycles. The van der Waals surface area contributed by atoms with Crippen LogP contribution >= 0.6 is 0 Å². The molecule has 0 saturated carbocycles. The van der Waals surface area contributed by atoms with Crippen LogP contribution in [0.3, 0.4) is 0 Å². The average Bonchev–Trinajstić information content (AvgIpc) is 3.28. The number of carbonyl (C=O) groups excluding carboxylic acids is 2. The summed E-state index contributed by atoms with van der Waals surface area (Å²) in [6.45, 7) is 9.69.